The SMILES string of the molecule is O=C([O-])CC1CCC(c2ccccc2)CC1. The average molecular weight is 217 g/mol. The summed E-state index contributed by atoms with van der Waals surface area (Å²) in [6.45, 7) is 0. The fourth-order valence-corrected chi connectivity index (χ4v) is 2.66. The van der Waals surface area contributed by atoms with Crippen molar-refractivity contribution >= 4 is 5.97 Å². The third-order valence-electron chi connectivity index (χ3n) is 3.57. The largest absolute Gasteiger partial charge is 0.550 e. The number of carboxylic acids is 1. The minimum Gasteiger partial charge on any atom is -0.550 e. The highest BCUT2D eigenvalue weighted by Crippen LogP contribution is 2.36. The molecule has 16 heavy (non-hydrogen) atoms. The van der Waals surface area contributed by atoms with Crippen molar-refractivity contribution in [3.63, 3.8) is 0 Å². The van der Waals surface area contributed by atoms with E-state index in [0.717, 1.165) is 25.7 Å². The summed E-state index contributed by atoms with van der Waals surface area (Å²) in [6.07, 6.45) is 4.51. The Balaban J connectivity index is 1.88. The molecule has 0 saturated heterocycles. The Morgan fingerprint density at radius 2 is 1.75 bits per heavy atom. The molecule has 0 aromatic heterocycles. The van der Waals surface area contributed by atoms with Crippen molar-refractivity contribution in [1.29, 1.82) is 0 Å². The second-order valence-electron chi connectivity index (χ2n) is 4.70. The predicted molar refractivity (Wildman–Crippen MR) is 60.8 cm³/mol. The first-order chi connectivity index (χ1) is 7.75. The van der Waals surface area contributed by atoms with Crippen molar-refractivity contribution < 1.29 is 9.90 Å². The van der Waals surface area contributed by atoms with Gasteiger partial charge >= 0.3 is 0 Å². The summed E-state index contributed by atoms with van der Waals surface area (Å²) in [7, 11) is 0. The van der Waals surface area contributed by atoms with Gasteiger partial charge in [-0.1, -0.05) is 30.3 Å². The Morgan fingerprint density at radius 3 is 2.31 bits per heavy atom. The maximum absolute atomic E-state index is 10.5. The molecule has 2 rings (SSSR count). The molecule has 0 heterocycles. The lowest BCUT2D eigenvalue weighted by atomic mass is 9.77. The fraction of sp³-hybridized carbons (Fsp3) is 0.500. The lowest BCUT2D eigenvalue weighted by Gasteiger charge is -2.29. The van der Waals surface area contributed by atoms with Gasteiger partial charge in [0.15, 0.2) is 0 Å². The van der Waals surface area contributed by atoms with E-state index >= 15 is 0 Å². The zero-order chi connectivity index (χ0) is 11.4. The smallest absolute Gasteiger partial charge is 0.0417 e. The summed E-state index contributed by atoms with van der Waals surface area (Å²) in [5, 5.41) is 10.5. The maximum Gasteiger partial charge on any atom is 0.0417 e. The van der Waals surface area contributed by atoms with Crippen LogP contribution in [0.1, 0.15) is 43.6 Å². The van der Waals surface area contributed by atoms with Crippen molar-refractivity contribution in [2.75, 3.05) is 0 Å². The van der Waals surface area contributed by atoms with Crippen molar-refractivity contribution in [3.8, 4) is 0 Å². The van der Waals surface area contributed by atoms with Crippen molar-refractivity contribution in [2.45, 2.75) is 38.0 Å². The van der Waals surface area contributed by atoms with Crippen LogP contribution >= 0.6 is 0 Å². The number of benzene rings is 1. The Kier molecular flexibility index (Phi) is 3.60. The molecule has 2 heteroatoms. The van der Waals surface area contributed by atoms with E-state index < -0.39 is 5.97 Å². The van der Waals surface area contributed by atoms with Crippen LogP contribution in [0.3, 0.4) is 0 Å². The molecule has 2 nitrogen and oxygen atoms in total. The molecule has 0 spiro atoms. The van der Waals surface area contributed by atoms with Gasteiger partial charge in [-0.2, -0.15) is 0 Å². The number of carboxylic acid groups (broad SMARTS) is 1. The summed E-state index contributed by atoms with van der Waals surface area (Å²) in [6, 6.07) is 10.5. The van der Waals surface area contributed by atoms with Crippen LogP contribution in [0, 0.1) is 5.92 Å². The third kappa shape index (κ3) is 2.84. The predicted octanol–water partition coefficient (Wildman–Crippen LogP) is 2.10. The van der Waals surface area contributed by atoms with E-state index in [-0.39, 0.29) is 6.42 Å². The van der Waals surface area contributed by atoms with E-state index in [9.17, 15) is 9.90 Å². The van der Waals surface area contributed by atoms with Crippen LogP contribution in [0.5, 0.6) is 0 Å². The minimum atomic E-state index is -0.900. The molecule has 0 unspecified atom stereocenters. The standard InChI is InChI=1S/C14H18O2/c15-14(16)10-11-6-8-13(9-7-11)12-4-2-1-3-5-12/h1-5,11,13H,6-10H2,(H,15,16)/p-1. The van der Waals surface area contributed by atoms with Gasteiger partial charge in [0.25, 0.3) is 0 Å². The van der Waals surface area contributed by atoms with Crippen LogP contribution in [0.15, 0.2) is 30.3 Å². The highest BCUT2D eigenvalue weighted by Gasteiger charge is 2.21. The molecule has 0 bridgehead atoms. The number of carbonyl (C=O) groups is 1. The van der Waals surface area contributed by atoms with Gasteiger partial charge in [-0.3, -0.25) is 0 Å². The highest BCUT2D eigenvalue weighted by atomic mass is 16.4. The van der Waals surface area contributed by atoms with Gasteiger partial charge in [-0.05, 0) is 49.5 Å². The van der Waals surface area contributed by atoms with Crippen LogP contribution in [-0.4, -0.2) is 5.97 Å². The lowest BCUT2D eigenvalue weighted by Crippen LogP contribution is -2.26. The number of rotatable bonds is 3. The molecule has 0 amide bonds. The number of carbonyl (C=O) groups excluding carboxylic acids is 1. The third-order valence-corrected chi connectivity index (χ3v) is 3.57. The molecule has 1 fully saturated rings. The van der Waals surface area contributed by atoms with E-state index in [0.29, 0.717) is 11.8 Å². The van der Waals surface area contributed by atoms with Crippen LogP contribution in [0.25, 0.3) is 0 Å². The molecular weight excluding hydrogens is 200 g/mol. The van der Waals surface area contributed by atoms with E-state index in [1.54, 1.807) is 0 Å². The zero-order valence-corrected chi connectivity index (χ0v) is 9.39. The summed E-state index contributed by atoms with van der Waals surface area (Å²) in [5.41, 5.74) is 1.40. The minimum absolute atomic E-state index is 0.238. The molecule has 0 atom stereocenters. The average Bonchev–Trinajstić information content (AvgIpc) is 2.30. The van der Waals surface area contributed by atoms with E-state index in [1.807, 2.05) is 6.07 Å². The fourth-order valence-electron chi connectivity index (χ4n) is 2.66. The monoisotopic (exact) mass is 217 g/mol. The molecule has 0 radical (unpaired) electrons. The van der Waals surface area contributed by atoms with Crippen LogP contribution in [0.4, 0.5) is 0 Å². The van der Waals surface area contributed by atoms with Gasteiger partial charge in [0.1, 0.15) is 0 Å². The van der Waals surface area contributed by atoms with Crippen LogP contribution < -0.4 is 5.11 Å². The van der Waals surface area contributed by atoms with Gasteiger partial charge in [0.2, 0.25) is 0 Å². The molecule has 1 aromatic carbocycles. The first kappa shape index (κ1) is 11.2. The summed E-state index contributed by atoms with van der Waals surface area (Å²) < 4.78 is 0. The number of hydrogen-bond donors (Lipinski definition) is 0. The molecule has 1 aliphatic rings. The Hall–Kier alpha value is -1.31. The van der Waals surface area contributed by atoms with E-state index in [2.05, 4.69) is 24.3 Å². The van der Waals surface area contributed by atoms with Crippen molar-refractivity contribution in [2.24, 2.45) is 5.92 Å². The molecule has 0 aliphatic heterocycles. The molecule has 1 saturated carbocycles. The summed E-state index contributed by atoms with van der Waals surface area (Å²) in [5.74, 6) is 0.0623. The van der Waals surface area contributed by atoms with E-state index in [4.69, 9.17) is 0 Å². The van der Waals surface area contributed by atoms with Gasteiger partial charge < -0.3 is 9.90 Å². The van der Waals surface area contributed by atoms with Gasteiger partial charge in [-0.25, -0.2) is 0 Å². The Bertz CT molecular complexity index is 337. The molecular formula is C14H17O2-. The number of hydrogen-bond acceptors (Lipinski definition) is 2. The summed E-state index contributed by atoms with van der Waals surface area (Å²) in [4.78, 5) is 10.5. The van der Waals surface area contributed by atoms with Gasteiger partial charge in [0, 0.05) is 5.97 Å². The van der Waals surface area contributed by atoms with Crippen molar-refractivity contribution in [1.82, 2.24) is 0 Å². The quantitative estimate of drug-likeness (QED) is 0.778. The Morgan fingerprint density at radius 1 is 1.12 bits per heavy atom. The second kappa shape index (κ2) is 5.15. The first-order valence-corrected chi connectivity index (χ1v) is 6.00. The molecule has 1 aliphatic carbocycles. The topological polar surface area (TPSA) is 40.1 Å². The molecule has 1 aromatic rings. The highest BCUT2D eigenvalue weighted by molar-refractivity contribution is 5.64. The van der Waals surface area contributed by atoms with Crippen LogP contribution in [0.2, 0.25) is 0 Å². The van der Waals surface area contributed by atoms with Crippen molar-refractivity contribution in [3.05, 3.63) is 35.9 Å². The second-order valence-corrected chi connectivity index (χ2v) is 4.70. The van der Waals surface area contributed by atoms with E-state index in [1.165, 1.54) is 5.56 Å². The lowest BCUT2D eigenvalue weighted by molar-refractivity contribution is -0.307. The maximum atomic E-state index is 10.5. The number of aliphatic carboxylic acids is 1. The zero-order valence-electron chi connectivity index (χ0n) is 9.39. The molecule has 86 valence electrons. The van der Waals surface area contributed by atoms with Crippen LogP contribution in [-0.2, 0) is 4.79 Å². The first-order valence-electron chi connectivity index (χ1n) is 6.00. The molecule has 0 N–H and O–H groups in total. The van der Waals surface area contributed by atoms with Gasteiger partial charge in [0.05, 0.1) is 0 Å². The van der Waals surface area contributed by atoms with Gasteiger partial charge in [-0.15, -0.1) is 0 Å². The normalized spacial score (nSPS) is 25.2. The Labute approximate surface area is 96.3 Å². The summed E-state index contributed by atoms with van der Waals surface area (Å²) >= 11 is 0.